The summed E-state index contributed by atoms with van der Waals surface area (Å²) in [6.07, 6.45) is 4.05. The Morgan fingerprint density at radius 2 is 1.53 bits per heavy atom. The smallest absolute Gasteiger partial charge is 0.264 e. The zero-order valence-electron chi connectivity index (χ0n) is 29.1. The summed E-state index contributed by atoms with van der Waals surface area (Å²) < 4.78 is 47.4. The Balaban J connectivity index is 1.58. The van der Waals surface area contributed by atoms with Gasteiger partial charge in [0.05, 0.1) is 31.4 Å². The molecule has 270 valence electrons. The summed E-state index contributed by atoms with van der Waals surface area (Å²) in [6, 6.07) is 26.9. The van der Waals surface area contributed by atoms with Crippen molar-refractivity contribution in [3.05, 3.63) is 113 Å². The molecule has 51 heavy (non-hydrogen) atoms. The van der Waals surface area contributed by atoms with Crippen molar-refractivity contribution >= 4 is 43.5 Å². The van der Waals surface area contributed by atoms with Crippen LogP contribution >= 0.6 is 15.9 Å². The fraction of sp³-hybridized carbons (Fsp3) is 0.333. The SMILES string of the molecule is CCOc1ccc(N(CC(=O)N(Cc2ccc(Br)cc2)C(Cc2ccccc2)C(=O)NC2CCCC2)S(=O)(=O)c2ccc(OC)c(OC)c2)cc1. The maximum absolute atomic E-state index is 14.8. The Morgan fingerprint density at radius 3 is 2.16 bits per heavy atom. The molecule has 4 aromatic carbocycles. The molecular weight excluding hydrogens is 734 g/mol. The summed E-state index contributed by atoms with van der Waals surface area (Å²) in [5.74, 6) is 0.321. The maximum Gasteiger partial charge on any atom is 0.264 e. The van der Waals surface area contributed by atoms with Crippen LogP contribution in [0.2, 0.25) is 0 Å². The van der Waals surface area contributed by atoms with Crippen LogP contribution < -0.4 is 23.8 Å². The lowest BCUT2D eigenvalue weighted by Gasteiger charge is -2.34. The van der Waals surface area contributed by atoms with Gasteiger partial charge in [-0.3, -0.25) is 13.9 Å². The van der Waals surface area contributed by atoms with Crippen LogP contribution in [-0.4, -0.2) is 64.6 Å². The minimum Gasteiger partial charge on any atom is -0.494 e. The summed E-state index contributed by atoms with van der Waals surface area (Å²) in [5, 5.41) is 3.20. The lowest BCUT2D eigenvalue weighted by Crippen LogP contribution is -2.54. The van der Waals surface area contributed by atoms with Crippen molar-refractivity contribution in [2.24, 2.45) is 0 Å². The molecule has 0 radical (unpaired) electrons. The van der Waals surface area contributed by atoms with Crippen LogP contribution in [0.25, 0.3) is 0 Å². The second kappa shape index (κ2) is 17.6. The fourth-order valence-corrected chi connectivity index (χ4v) is 7.91. The highest BCUT2D eigenvalue weighted by Crippen LogP contribution is 2.33. The molecule has 0 aliphatic heterocycles. The van der Waals surface area contributed by atoms with Crippen molar-refractivity contribution in [3.63, 3.8) is 0 Å². The van der Waals surface area contributed by atoms with E-state index in [1.165, 1.54) is 37.3 Å². The molecule has 2 amide bonds. The number of rotatable bonds is 16. The third-order valence-electron chi connectivity index (χ3n) is 8.90. The van der Waals surface area contributed by atoms with Gasteiger partial charge in [0.1, 0.15) is 18.3 Å². The average Bonchev–Trinajstić information content (AvgIpc) is 3.66. The summed E-state index contributed by atoms with van der Waals surface area (Å²) in [5.41, 5.74) is 1.91. The van der Waals surface area contributed by atoms with Crippen molar-refractivity contribution in [2.45, 2.75) is 62.6 Å². The van der Waals surface area contributed by atoms with Gasteiger partial charge in [0.2, 0.25) is 11.8 Å². The highest BCUT2D eigenvalue weighted by Gasteiger charge is 2.36. The third-order valence-corrected chi connectivity index (χ3v) is 11.2. The Morgan fingerprint density at radius 1 is 0.863 bits per heavy atom. The molecule has 5 rings (SSSR count). The number of nitrogens with zero attached hydrogens (tertiary/aromatic N) is 2. The molecule has 10 nitrogen and oxygen atoms in total. The molecule has 1 atom stereocenters. The van der Waals surface area contributed by atoms with Gasteiger partial charge in [0.25, 0.3) is 10.0 Å². The Hall–Kier alpha value is -4.55. The predicted octanol–water partition coefficient (Wildman–Crippen LogP) is 6.76. The number of anilines is 1. The van der Waals surface area contributed by atoms with Gasteiger partial charge in [-0.05, 0) is 79.4 Å². The van der Waals surface area contributed by atoms with Crippen LogP contribution in [0.15, 0.2) is 106 Å². The molecule has 0 bridgehead atoms. The van der Waals surface area contributed by atoms with Crippen molar-refractivity contribution in [2.75, 3.05) is 31.7 Å². The number of hydrogen-bond donors (Lipinski definition) is 1. The Labute approximate surface area is 308 Å². The minimum atomic E-state index is -4.36. The van der Waals surface area contributed by atoms with Crippen LogP contribution in [0.3, 0.4) is 0 Å². The Kier molecular flexibility index (Phi) is 13.0. The second-order valence-corrected chi connectivity index (χ2v) is 15.1. The number of ether oxygens (including phenoxy) is 3. The second-order valence-electron chi connectivity index (χ2n) is 12.3. The number of benzene rings is 4. The van der Waals surface area contributed by atoms with Gasteiger partial charge in [-0.25, -0.2) is 8.42 Å². The summed E-state index contributed by atoms with van der Waals surface area (Å²) in [7, 11) is -1.48. The largest absolute Gasteiger partial charge is 0.494 e. The first-order valence-electron chi connectivity index (χ1n) is 17.0. The summed E-state index contributed by atoms with van der Waals surface area (Å²) in [6.45, 7) is 1.79. The van der Waals surface area contributed by atoms with E-state index in [0.29, 0.717) is 18.1 Å². The molecule has 1 aliphatic carbocycles. The van der Waals surface area contributed by atoms with Crippen molar-refractivity contribution in [1.29, 1.82) is 0 Å². The van der Waals surface area contributed by atoms with Gasteiger partial charge >= 0.3 is 0 Å². The Bertz CT molecular complexity index is 1870. The van der Waals surface area contributed by atoms with E-state index in [2.05, 4.69) is 21.2 Å². The average molecular weight is 779 g/mol. The van der Waals surface area contributed by atoms with E-state index in [-0.39, 0.29) is 41.2 Å². The fourth-order valence-electron chi connectivity index (χ4n) is 6.22. The zero-order chi connectivity index (χ0) is 36.4. The molecule has 1 N–H and O–H groups in total. The highest BCUT2D eigenvalue weighted by molar-refractivity contribution is 9.10. The lowest BCUT2D eigenvalue weighted by atomic mass is 10.0. The standard InChI is InChI=1S/C39H44BrN3O7S/c1-4-50-33-20-18-32(19-21-33)43(51(46,47)34-22-23-36(48-2)37(25-34)49-3)27-38(44)42(26-29-14-16-30(40)17-15-29)35(24-28-10-6-5-7-11-28)39(45)41-31-12-8-9-13-31/h5-7,10-11,14-23,25,31,35H,4,8-9,12-13,24,26-27H2,1-3H3,(H,41,45). The molecule has 1 aliphatic rings. The number of sulfonamides is 1. The lowest BCUT2D eigenvalue weighted by molar-refractivity contribution is -0.140. The van der Waals surface area contributed by atoms with Crippen molar-refractivity contribution in [1.82, 2.24) is 10.2 Å². The van der Waals surface area contributed by atoms with Crippen LogP contribution in [0.4, 0.5) is 5.69 Å². The molecular formula is C39H44BrN3O7S. The molecule has 12 heteroatoms. The van der Waals surface area contributed by atoms with Gasteiger partial charge in [0.15, 0.2) is 11.5 Å². The number of amides is 2. The first-order valence-corrected chi connectivity index (χ1v) is 19.2. The number of methoxy groups -OCH3 is 2. The number of nitrogens with one attached hydrogen (secondary N) is 1. The molecule has 1 saturated carbocycles. The van der Waals surface area contributed by atoms with Crippen molar-refractivity contribution in [3.8, 4) is 17.2 Å². The van der Waals surface area contributed by atoms with Gasteiger partial charge in [0, 0.05) is 29.5 Å². The van der Waals surface area contributed by atoms with E-state index in [1.54, 1.807) is 24.3 Å². The first-order chi connectivity index (χ1) is 24.6. The monoisotopic (exact) mass is 777 g/mol. The molecule has 1 unspecified atom stereocenters. The topological polar surface area (TPSA) is 114 Å². The third kappa shape index (κ3) is 9.62. The van der Waals surface area contributed by atoms with Gasteiger partial charge < -0.3 is 24.4 Å². The van der Waals surface area contributed by atoms with E-state index in [9.17, 15) is 18.0 Å². The van der Waals surface area contributed by atoms with Crippen LogP contribution in [0, 0.1) is 0 Å². The van der Waals surface area contributed by atoms with E-state index < -0.39 is 28.5 Å². The quantitative estimate of drug-likeness (QED) is 0.134. The normalized spacial score (nSPS) is 13.6. The van der Waals surface area contributed by atoms with Crippen LogP contribution in [0.1, 0.15) is 43.7 Å². The van der Waals surface area contributed by atoms with Crippen LogP contribution in [0.5, 0.6) is 17.2 Å². The van der Waals surface area contributed by atoms with Gasteiger partial charge in [-0.15, -0.1) is 0 Å². The van der Waals surface area contributed by atoms with Gasteiger partial charge in [-0.2, -0.15) is 0 Å². The minimum absolute atomic E-state index is 0.0196. The van der Waals surface area contributed by atoms with Crippen LogP contribution in [-0.2, 0) is 32.6 Å². The van der Waals surface area contributed by atoms with Gasteiger partial charge in [-0.1, -0.05) is 71.2 Å². The summed E-state index contributed by atoms with van der Waals surface area (Å²) >= 11 is 3.48. The number of carbonyl (C=O) groups excluding carboxylic acids is 2. The molecule has 1 fully saturated rings. The van der Waals surface area contributed by atoms with E-state index in [1.807, 2.05) is 61.5 Å². The zero-order valence-corrected chi connectivity index (χ0v) is 31.5. The van der Waals surface area contributed by atoms with Crippen molar-refractivity contribution < 1.29 is 32.2 Å². The molecule has 0 heterocycles. The van der Waals surface area contributed by atoms with E-state index in [0.717, 1.165) is 45.6 Å². The van der Waals surface area contributed by atoms with E-state index >= 15 is 0 Å². The number of hydrogen-bond acceptors (Lipinski definition) is 7. The predicted molar refractivity (Wildman–Crippen MR) is 201 cm³/mol. The number of carbonyl (C=O) groups is 2. The molecule has 0 aromatic heterocycles. The molecule has 0 spiro atoms. The number of halogens is 1. The maximum atomic E-state index is 14.8. The van der Waals surface area contributed by atoms with E-state index in [4.69, 9.17) is 14.2 Å². The summed E-state index contributed by atoms with van der Waals surface area (Å²) in [4.78, 5) is 30.4. The molecule has 4 aromatic rings. The highest BCUT2D eigenvalue weighted by atomic mass is 79.9. The molecule has 0 saturated heterocycles. The first kappa shape index (κ1) is 37.7.